The number of fused-ring (bicyclic) bond motifs is 1. The van der Waals surface area contributed by atoms with Crippen molar-refractivity contribution in [2.75, 3.05) is 6.61 Å². The number of rotatable bonds is 4. The van der Waals surface area contributed by atoms with Crippen LogP contribution in [-0.2, 0) is 9.53 Å². The van der Waals surface area contributed by atoms with Gasteiger partial charge in [0.1, 0.15) is 0 Å². The molecule has 3 N–H and O–H groups in total. The van der Waals surface area contributed by atoms with Crippen molar-refractivity contribution in [2.45, 2.75) is 6.92 Å². The Hall–Kier alpha value is -3.74. The van der Waals surface area contributed by atoms with Gasteiger partial charge in [0.15, 0.2) is 6.61 Å². The minimum Gasteiger partial charge on any atom is -0.452 e. The normalized spacial score (nSPS) is 10.4. The molecule has 0 bridgehead atoms. The lowest BCUT2D eigenvalue weighted by molar-refractivity contribution is -0.123. The van der Waals surface area contributed by atoms with Gasteiger partial charge in [-0.15, -0.1) is 0 Å². The first-order valence-electron chi connectivity index (χ1n) is 8.18. The number of carbonyl (C=O) groups excluding carboxylic acids is 3. The van der Waals surface area contributed by atoms with Gasteiger partial charge in [0.05, 0.1) is 16.8 Å². The number of amides is 3. The fourth-order valence-electron chi connectivity index (χ4n) is 2.82. The van der Waals surface area contributed by atoms with Crippen LogP contribution in [0.2, 0.25) is 0 Å². The minimum atomic E-state index is -1.01. The van der Waals surface area contributed by atoms with Crippen molar-refractivity contribution in [3.63, 3.8) is 0 Å². The van der Waals surface area contributed by atoms with Gasteiger partial charge in [0.2, 0.25) is 0 Å². The SMILES string of the molecule is Cc1c(-c2ccccc2)nc2ccccc2c1C(=O)OCC(=O)NC(N)=O. The molecule has 0 spiro atoms. The van der Waals surface area contributed by atoms with Crippen LogP contribution in [0.1, 0.15) is 15.9 Å². The number of pyridine rings is 1. The van der Waals surface area contributed by atoms with Gasteiger partial charge < -0.3 is 10.5 Å². The third-order valence-corrected chi connectivity index (χ3v) is 3.98. The lowest BCUT2D eigenvalue weighted by atomic mass is 9.98. The summed E-state index contributed by atoms with van der Waals surface area (Å²) in [7, 11) is 0. The van der Waals surface area contributed by atoms with Crippen molar-refractivity contribution in [1.29, 1.82) is 0 Å². The molecule has 3 aromatic rings. The average Bonchev–Trinajstić information content (AvgIpc) is 2.66. The molecule has 0 aliphatic rings. The van der Waals surface area contributed by atoms with Crippen LogP contribution in [-0.4, -0.2) is 29.5 Å². The maximum atomic E-state index is 12.7. The standard InChI is InChI=1S/C20H17N3O4/c1-12-17(19(25)27-11-16(24)23-20(21)26)14-9-5-6-10-15(14)22-18(12)13-7-3-2-4-8-13/h2-10H,11H2,1H3,(H3,21,23,24,26). The number of nitrogens with two attached hydrogens (primary N) is 1. The summed E-state index contributed by atoms with van der Waals surface area (Å²) in [5, 5.41) is 2.47. The van der Waals surface area contributed by atoms with Crippen molar-refractivity contribution < 1.29 is 19.1 Å². The van der Waals surface area contributed by atoms with Crippen molar-refractivity contribution in [3.8, 4) is 11.3 Å². The van der Waals surface area contributed by atoms with Crippen molar-refractivity contribution >= 4 is 28.8 Å². The molecule has 0 saturated heterocycles. The van der Waals surface area contributed by atoms with Gasteiger partial charge in [-0.25, -0.2) is 14.6 Å². The number of ether oxygens (including phenoxy) is 1. The molecule has 1 heterocycles. The number of primary amides is 1. The maximum absolute atomic E-state index is 12.7. The largest absolute Gasteiger partial charge is 0.452 e. The monoisotopic (exact) mass is 363 g/mol. The first kappa shape index (κ1) is 18.1. The predicted octanol–water partition coefficient (Wildman–Crippen LogP) is 2.56. The Morgan fingerprint density at radius 1 is 1.04 bits per heavy atom. The Kier molecular flexibility index (Phi) is 5.12. The van der Waals surface area contributed by atoms with Gasteiger partial charge in [0, 0.05) is 10.9 Å². The molecule has 0 aliphatic heterocycles. The molecule has 0 aliphatic carbocycles. The number of aromatic nitrogens is 1. The third kappa shape index (κ3) is 3.92. The number of nitrogens with zero attached hydrogens (tertiary/aromatic N) is 1. The first-order chi connectivity index (χ1) is 13.0. The quantitative estimate of drug-likeness (QED) is 0.692. The van der Waals surface area contributed by atoms with E-state index in [1.165, 1.54) is 0 Å². The fourth-order valence-corrected chi connectivity index (χ4v) is 2.82. The Morgan fingerprint density at radius 3 is 2.41 bits per heavy atom. The van der Waals surface area contributed by atoms with Crippen LogP contribution < -0.4 is 11.1 Å². The molecule has 0 atom stereocenters. The highest BCUT2D eigenvalue weighted by atomic mass is 16.5. The van der Waals surface area contributed by atoms with Crippen molar-refractivity contribution in [1.82, 2.24) is 10.3 Å². The molecular formula is C20H17N3O4. The lowest BCUT2D eigenvalue weighted by Crippen LogP contribution is -2.37. The Morgan fingerprint density at radius 2 is 1.70 bits per heavy atom. The number of nitrogens with one attached hydrogen (secondary N) is 1. The number of benzene rings is 2. The number of imide groups is 1. The van der Waals surface area contributed by atoms with E-state index >= 15 is 0 Å². The van der Waals surface area contributed by atoms with E-state index in [0.717, 1.165) is 5.56 Å². The number of carbonyl (C=O) groups is 3. The van der Waals surface area contributed by atoms with E-state index in [2.05, 4.69) is 4.98 Å². The van der Waals surface area contributed by atoms with E-state index in [-0.39, 0.29) is 0 Å². The number of para-hydroxylation sites is 1. The zero-order chi connectivity index (χ0) is 19.4. The van der Waals surface area contributed by atoms with Gasteiger partial charge in [-0.1, -0.05) is 48.5 Å². The van der Waals surface area contributed by atoms with Crippen molar-refractivity contribution in [3.05, 3.63) is 65.7 Å². The summed E-state index contributed by atoms with van der Waals surface area (Å²) in [6.07, 6.45) is 0. The maximum Gasteiger partial charge on any atom is 0.339 e. The van der Waals surface area contributed by atoms with Crippen LogP contribution in [0.4, 0.5) is 4.79 Å². The second kappa shape index (κ2) is 7.65. The van der Waals surface area contributed by atoms with Gasteiger partial charge in [-0.05, 0) is 18.6 Å². The van der Waals surface area contributed by atoms with Crippen LogP contribution in [0.25, 0.3) is 22.2 Å². The summed E-state index contributed by atoms with van der Waals surface area (Å²) in [6.45, 7) is 1.17. The summed E-state index contributed by atoms with van der Waals surface area (Å²) < 4.78 is 5.08. The molecule has 27 heavy (non-hydrogen) atoms. The fraction of sp³-hybridized carbons (Fsp3) is 0.100. The van der Waals surface area contributed by atoms with E-state index in [1.807, 2.05) is 41.7 Å². The van der Waals surface area contributed by atoms with E-state index < -0.39 is 24.5 Å². The molecule has 136 valence electrons. The van der Waals surface area contributed by atoms with Gasteiger partial charge >= 0.3 is 12.0 Å². The molecule has 7 heteroatoms. The summed E-state index contributed by atoms with van der Waals surface area (Å²) in [6, 6.07) is 15.7. The molecular weight excluding hydrogens is 346 g/mol. The van der Waals surface area contributed by atoms with E-state index in [4.69, 9.17) is 10.5 Å². The van der Waals surface area contributed by atoms with Crippen LogP contribution >= 0.6 is 0 Å². The molecule has 3 amide bonds. The Balaban J connectivity index is 2.03. The van der Waals surface area contributed by atoms with Gasteiger partial charge in [-0.2, -0.15) is 0 Å². The summed E-state index contributed by atoms with van der Waals surface area (Å²) >= 11 is 0. The zero-order valence-electron chi connectivity index (χ0n) is 14.6. The van der Waals surface area contributed by atoms with E-state index in [1.54, 1.807) is 25.1 Å². The zero-order valence-corrected chi connectivity index (χ0v) is 14.6. The Labute approximate surface area is 155 Å². The number of hydrogen-bond donors (Lipinski definition) is 2. The van der Waals surface area contributed by atoms with Crippen LogP contribution in [0.5, 0.6) is 0 Å². The smallest absolute Gasteiger partial charge is 0.339 e. The first-order valence-corrected chi connectivity index (χ1v) is 8.18. The van der Waals surface area contributed by atoms with Gasteiger partial charge in [0.25, 0.3) is 5.91 Å². The topological polar surface area (TPSA) is 111 Å². The molecule has 3 rings (SSSR count). The molecule has 0 fully saturated rings. The van der Waals surface area contributed by atoms with E-state index in [0.29, 0.717) is 27.7 Å². The second-order valence-electron chi connectivity index (χ2n) is 5.83. The predicted molar refractivity (Wildman–Crippen MR) is 99.9 cm³/mol. The number of esters is 1. The average molecular weight is 363 g/mol. The van der Waals surface area contributed by atoms with E-state index in [9.17, 15) is 14.4 Å². The van der Waals surface area contributed by atoms with Crippen molar-refractivity contribution in [2.24, 2.45) is 5.73 Å². The Bertz CT molecular complexity index is 1030. The number of hydrogen-bond acceptors (Lipinski definition) is 5. The highest BCUT2D eigenvalue weighted by molar-refractivity contribution is 6.07. The molecule has 7 nitrogen and oxygen atoms in total. The number of urea groups is 1. The summed E-state index contributed by atoms with van der Waals surface area (Å²) in [4.78, 5) is 39.6. The minimum absolute atomic E-state index is 0.325. The molecule has 0 saturated carbocycles. The van der Waals surface area contributed by atoms with Crippen LogP contribution in [0, 0.1) is 6.92 Å². The molecule has 2 aromatic carbocycles. The summed E-state index contributed by atoms with van der Waals surface area (Å²) in [5.74, 6) is -1.47. The second-order valence-corrected chi connectivity index (χ2v) is 5.83. The summed E-state index contributed by atoms with van der Waals surface area (Å²) in [5.41, 5.74) is 7.99. The van der Waals surface area contributed by atoms with Gasteiger partial charge in [-0.3, -0.25) is 10.1 Å². The highest BCUT2D eigenvalue weighted by Crippen LogP contribution is 2.30. The third-order valence-electron chi connectivity index (χ3n) is 3.98. The lowest BCUT2D eigenvalue weighted by Gasteiger charge is -2.14. The molecule has 1 aromatic heterocycles. The highest BCUT2D eigenvalue weighted by Gasteiger charge is 2.21. The molecule has 0 radical (unpaired) electrons. The van der Waals surface area contributed by atoms with Crippen LogP contribution in [0.3, 0.4) is 0 Å². The molecule has 0 unspecified atom stereocenters. The van der Waals surface area contributed by atoms with Crippen LogP contribution in [0.15, 0.2) is 54.6 Å².